The third-order valence-electron chi connectivity index (χ3n) is 2.38. The van der Waals surface area contributed by atoms with Gasteiger partial charge in [0.2, 0.25) is 0 Å². The molecular formula is C10H16NS+. The van der Waals surface area contributed by atoms with Gasteiger partial charge in [-0.25, -0.2) is 0 Å². The van der Waals surface area contributed by atoms with E-state index in [2.05, 4.69) is 25.6 Å². The Kier molecular flexibility index (Phi) is 1.97. The van der Waals surface area contributed by atoms with Crippen LogP contribution in [0.5, 0.6) is 0 Å². The third-order valence-corrected chi connectivity index (χ3v) is 4.02. The van der Waals surface area contributed by atoms with Gasteiger partial charge in [-0.05, 0) is 24.7 Å². The average molecular weight is 182 g/mol. The molecule has 1 fully saturated rings. The SMILES string of the molecule is CC(C)c1cc([NH3+])c(C2CC2)s1. The minimum absolute atomic E-state index is 0.669. The molecule has 1 aromatic heterocycles. The predicted octanol–water partition coefficient (Wildman–Crippen LogP) is 2.62. The van der Waals surface area contributed by atoms with Crippen LogP contribution in [0.1, 0.15) is 48.3 Å². The zero-order valence-corrected chi connectivity index (χ0v) is 8.58. The molecule has 1 aromatic rings. The van der Waals surface area contributed by atoms with E-state index in [1.54, 1.807) is 4.88 Å². The quantitative estimate of drug-likeness (QED) is 0.728. The highest BCUT2D eigenvalue weighted by molar-refractivity contribution is 7.12. The summed E-state index contributed by atoms with van der Waals surface area (Å²) in [4.78, 5) is 3.06. The largest absolute Gasteiger partial charge is 0.324 e. The first kappa shape index (κ1) is 8.27. The fraction of sp³-hybridized carbons (Fsp3) is 0.600. The van der Waals surface area contributed by atoms with Crippen molar-refractivity contribution in [1.82, 2.24) is 0 Å². The Morgan fingerprint density at radius 2 is 2.17 bits per heavy atom. The maximum absolute atomic E-state index is 4.10. The van der Waals surface area contributed by atoms with Gasteiger partial charge in [0.25, 0.3) is 0 Å². The van der Waals surface area contributed by atoms with Crippen LogP contribution in [0, 0.1) is 0 Å². The highest BCUT2D eigenvalue weighted by Gasteiger charge is 2.29. The second kappa shape index (κ2) is 2.86. The van der Waals surface area contributed by atoms with Crippen molar-refractivity contribution in [3.05, 3.63) is 15.8 Å². The van der Waals surface area contributed by atoms with E-state index in [1.165, 1.54) is 23.4 Å². The average Bonchev–Trinajstić information content (AvgIpc) is 2.75. The van der Waals surface area contributed by atoms with Crippen LogP contribution in [0.15, 0.2) is 6.07 Å². The van der Waals surface area contributed by atoms with Crippen LogP contribution in [0.25, 0.3) is 0 Å². The highest BCUT2D eigenvalue weighted by Crippen LogP contribution is 2.47. The van der Waals surface area contributed by atoms with Crippen molar-refractivity contribution >= 4 is 17.0 Å². The van der Waals surface area contributed by atoms with Gasteiger partial charge in [0.05, 0.1) is 4.88 Å². The van der Waals surface area contributed by atoms with E-state index in [-0.39, 0.29) is 0 Å². The Labute approximate surface area is 77.6 Å². The molecule has 1 aliphatic carbocycles. The van der Waals surface area contributed by atoms with Crippen LogP contribution in [0.3, 0.4) is 0 Å². The Hall–Kier alpha value is -0.340. The van der Waals surface area contributed by atoms with Gasteiger partial charge in [-0.15, -0.1) is 11.3 Å². The molecule has 3 N–H and O–H groups in total. The predicted molar refractivity (Wildman–Crippen MR) is 52.9 cm³/mol. The smallest absolute Gasteiger partial charge is 0.142 e. The Balaban J connectivity index is 2.30. The van der Waals surface area contributed by atoms with Crippen LogP contribution in [-0.2, 0) is 0 Å². The molecule has 0 unspecified atom stereocenters. The van der Waals surface area contributed by atoms with Gasteiger partial charge >= 0.3 is 0 Å². The van der Waals surface area contributed by atoms with E-state index in [9.17, 15) is 0 Å². The van der Waals surface area contributed by atoms with Gasteiger partial charge in [0.15, 0.2) is 0 Å². The van der Waals surface area contributed by atoms with Crippen LogP contribution in [0.4, 0.5) is 5.69 Å². The molecule has 1 heterocycles. The molecule has 0 aliphatic heterocycles. The Morgan fingerprint density at radius 3 is 2.58 bits per heavy atom. The molecule has 1 nitrogen and oxygen atoms in total. The Morgan fingerprint density at radius 1 is 1.50 bits per heavy atom. The molecular weight excluding hydrogens is 166 g/mol. The fourth-order valence-electron chi connectivity index (χ4n) is 1.44. The van der Waals surface area contributed by atoms with Gasteiger partial charge in [-0.1, -0.05) is 13.8 Å². The summed E-state index contributed by atoms with van der Waals surface area (Å²) in [6.45, 7) is 4.50. The van der Waals surface area contributed by atoms with E-state index < -0.39 is 0 Å². The van der Waals surface area contributed by atoms with E-state index in [0.29, 0.717) is 5.92 Å². The van der Waals surface area contributed by atoms with E-state index >= 15 is 0 Å². The lowest BCUT2D eigenvalue weighted by molar-refractivity contribution is -0.255. The van der Waals surface area contributed by atoms with Crippen LogP contribution in [0.2, 0.25) is 0 Å². The van der Waals surface area contributed by atoms with Crippen LogP contribution in [-0.4, -0.2) is 0 Å². The molecule has 0 saturated heterocycles. The van der Waals surface area contributed by atoms with Crippen molar-refractivity contribution in [1.29, 1.82) is 0 Å². The van der Waals surface area contributed by atoms with Gasteiger partial charge < -0.3 is 5.73 Å². The summed E-state index contributed by atoms with van der Waals surface area (Å²) in [6, 6.07) is 2.27. The first-order chi connectivity index (χ1) is 5.68. The van der Waals surface area contributed by atoms with Crippen molar-refractivity contribution in [3.63, 3.8) is 0 Å². The molecule has 0 bridgehead atoms. The molecule has 2 heteroatoms. The van der Waals surface area contributed by atoms with Crippen molar-refractivity contribution in [2.45, 2.75) is 38.5 Å². The molecule has 12 heavy (non-hydrogen) atoms. The number of hydrogen-bond acceptors (Lipinski definition) is 1. The van der Waals surface area contributed by atoms with Crippen LogP contribution >= 0.6 is 11.3 Å². The van der Waals surface area contributed by atoms with Gasteiger partial charge in [-0.3, -0.25) is 0 Å². The summed E-state index contributed by atoms with van der Waals surface area (Å²) in [7, 11) is 0. The normalized spacial score (nSPS) is 17.3. The lowest BCUT2D eigenvalue weighted by atomic mass is 10.2. The molecule has 1 saturated carbocycles. The van der Waals surface area contributed by atoms with Crippen LogP contribution < -0.4 is 5.73 Å². The second-order valence-electron chi connectivity index (χ2n) is 3.97. The molecule has 0 amide bonds. The number of thiophene rings is 1. The maximum atomic E-state index is 4.10. The second-order valence-corrected chi connectivity index (χ2v) is 5.08. The number of hydrogen-bond donors (Lipinski definition) is 1. The van der Waals surface area contributed by atoms with Crippen molar-refractivity contribution in [2.24, 2.45) is 0 Å². The molecule has 1 aliphatic rings. The topological polar surface area (TPSA) is 27.6 Å². The third kappa shape index (κ3) is 1.41. The fourth-order valence-corrected chi connectivity index (χ4v) is 2.72. The van der Waals surface area contributed by atoms with Gasteiger partial charge in [0.1, 0.15) is 5.69 Å². The minimum atomic E-state index is 0.669. The summed E-state index contributed by atoms with van der Waals surface area (Å²) in [5.41, 5.74) is 5.38. The molecule has 0 atom stereocenters. The lowest BCUT2D eigenvalue weighted by Gasteiger charge is -1.96. The van der Waals surface area contributed by atoms with Gasteiger partial charge in [-0.2, -0.15) is 0 Å². The standard InChI is InChI=1S/C10H15NS/c1-6(2)9-5-8(11)10(12-9)7-3-4-7/h5-7H,3-4,11H2,1-2H3/p+1. The highest BCUT2D eigenvalue weighted by atomic mass is 32.1. The van der Waals surface area contributed by atoms with E-state index in [0.717, 1.165) is 5.92 Å². The van der Waals surface area contributed by atoms with E-state index in [1.807, 2.05) is 11.3 Å². The Bertz CT molecular complexity index is 284. The summed E-state index contributed by atoms with van der Waals surface area (Å²) in [5, 5.41) is 0. The maximum Gasteiger partial charge on any atom is 0.142 e. The first-order valence-corrected chi connectivity index (χ1v) is 5.45. The van der Waals surface area contributed by atoms with E-state index in [4.69, 9.17) is 0 Å². The van der Waals surface area contributed by atoms with Crippen molar-refractivity contribution in [3.8, 4) is 0 Å². The number of quaternary nitrogens is 1. The summed E-state index contributed by atoms with van der Waals surface area (Å²) in [5.74, 6) is 1.54. The molecule has 2 rings (SSSR count). The van der Waals surface area contributed by atoms with Gasteiger partial charge in [0, 0.05) is 10.9 Å². The summed E-state index contributed by atoms with van der Waals surface area (Å²) in [6.07, 6.45) is 2.78. The first-order valence-electron chi connectivity index (χ1n) is 4.64. The molecule has 0 spiro atoms. The molecule has 66 valence electrons. The number of rotatable bonds is 2. The lowest BCUT2D eigenvalue weighted by Crippen LogP contribution is -2.40. The summed E-state index contributed by atoms with van der Waals surface area (Å²) < 4.78 is 0. The zero-order chi connectivity index (χ0) is 8.72. The molecule has 0 aromatic carbocycles. The monoisotopic (exact) mass is 182 g/mol. The van der Waals surface area contributed by atoms with Crippen molar-refractivity contribution < 1.29 is 5.73 Å². The zero-order valence-electron chi connectivity index (χ0n) is 7.76. The molecule has 0 radical (unpaired) electrons. The summed E-state index contributed by atoms with van der Waals surface area (Å²) >= 11 is 1.98. The van der Waals surface area contributed by atoms with Crippen molar-refractivity contribution in [2.75, 3.05) is 0 Å². The minimum Gasteiger partial charge on any atom is -0.324 e.